The second-order valence-corrected chi connectivity index (χ2v) is 3.98. The van der Waals surface area contributed by atoms with Gasteiger partial charge in [0.25, 0.3) is 0 Å². The third-order valence-electron chi connectivity index (χ3n) is 2.69. The van der Waals surface area contributed by atoms with E-state index in [0.29, 0.717) is 6.54 Å². The maximum absolute atomic E-state index is 11.5. The number of aliphatic hydroxyl groups is 1. The summed E-state index contributed by atoms with van der Waals surface area (Å²) in [6.45, 7) is 1.13. The van der Waals surface area contributed by atoms with Crippen LogP contribution in [0.4, 0.5) is 4.79 Å². The van der Waals surface area contributed by atoms with E-state index in [9.17, 15) is 4.79 Å². The van der Waals surface area contributed by atoms with Gasteiger partial charge in [0, 0.05) is 20.0 Å². The predicted molar refractivity (Wildman–Crippen MR) is 58.2 cm³/mol. The molecule has 1 N–H and O–H groups in total. The van der Waals surface area contributed by atoms with E-state index >= 15 is 0 Å². The van der Waals surface area contributed by atoms with Crippen LogP contribution in [-0.2, 0) is 24.2 Å². The molecule has 7 nitrogen and oxygen atoms in total. The molecule has 7 heteroatoms. The summed E-state index contributed by atoms with van der Waals surface area (Å²) in [5, 5.41) is 16.7. The highest BCUT2D eigenvalue weighted by atomic mass is 16.6. The van der Waals surface area contributed by atoms with E-state index in [0.717, 1.165) is 31.0 Å². The second-order valence-electron chi connectivity index (χ2n) is 3.98. The Hall–Kier alpha value is -1.63. The highest BCUT2D eigenvalue weighted by Gasteiger charge is 2.20. The summed E-state index contributed by atoms with van der Waals surface area (Å²) in [5.74, 6) is 1.76. The maximum atomic E-state index is 11.5. The van der Waals surface area contributed by atoms with Gasteiger partial charge in [-0.15, -0.1) is 10.2 Å². The summed E-state index contributed by atoms with van der Waals surface area (Å²) in [7, 11) is 1.64. The molecule has 0 saturated carbocycles. The number of rotatable bonds is 4. The minimum Gasteiger partial charge on any atom is -0.447 e. The lowest BCUT2D eigenvalue weighted by Crippen LogP contribution is -2.29. The van der Waals surface area contributed by atoms with Crippen molar-refractivity contribution in [2.45, 2.75) is 25.9 Å². The SMILES string of the molecule is CN(Cc1nnc2n1CCC2)C(=O)OCCO. The van der Waals surface area contributed by atoms with Crippen LogP contribution in [0.5, 0.6) is 0 Å². The van der Waals surface area contributed by atoms with Gasteiger partial charge >= 0.3 is 6.09 Å². The first-order valence-corrected chi connectivity index (χ1v) is 5.62. The fourth-order valence-corrected chi connectivity index (χ4v) is 1.85. The third-order valence-corrected chi connectivity index (χ3v) is 2.69. The monoisotopic (exact) mass is 240 g/mol. The zero-order valence-electron chi connectivity index (χ0n) is 9.80. The van der Waals surface area contributed by atoms with Crippen LogP contribution >= 0.6 is 0 Å². The summed E-state index contributed by atoms with van der Waals surface area (Å²) in [5.41, 5.74) is 0. The Morgan fingerprint density at radius 2 is 2.41 bits per heavy atom. The molecule has 1 aliphatic rings. The molecule has 0 atom stereocenters. The molecular weight excluding hydrogens is 224 g/mol. The van der Waals surface area contributed by atoms with Crippen LogP contribution in [0.3, 0.4) is 0 Å². The Morgan fingerprint density at radius 1 is 1.59 bits per heavy atom. The minimum absolute atomic E-state index is 0.0150. The molecule has 0 aliphatic carbocycles. The average Bonchev–Trinajstić information content (AvgIpc) is 2.90. The molecule has 17 heavy (non-hydrogen) atoms. The zero-order chi connectivity index (χ0) is 12.3. The lowest BCUT2D eigenvalue weighted by molar-refractivity contribution is 0.0885. The van der Waals surface area contributed by atoms with Crippen molar-refractivity contribution in [2.24, 2.45) is 0 Å². The van der Waals surface area contributed by atoms with Gasteiger partial charge in [-0.1, -0.05) is 0 Å². The molecule has 0 unspecified atom stereocenters. The molecule has 94 valence electrons. The van der Waals surface area contributed by atoms with Crippen LogP contribution in [0, 0.1) is 0 Å². The van der Waals surface area contributed by atoms with Gasteiger partial charge in [-0.25, -0.2) is 4.79 Å². The molecule has 0 fully saturated rings. The van der Waals surface area contributed by atoms with Crippen molar-refractivity contribution in [3.05, 3.63) is 11.6 Å². The number of aromatic nitrogens is 3. The van der Waals surface area contributed by atoms with Crippen molar-refractivity contribution in [2.75, 3.05) is 20.3 Å². The number of aliphatic hydroxyl groups excluding tert-OH is 1. The first kappa shape index (κ1) is 11.8. The topological polar surface area (TPSA) is 80.5 Å². The minimum atomic E-state index is -0.464. The maximum Gasteiger partial charge on any atom is 0.409 e. The van der Waals surface area contributed by atoms with Crippen molar-refractivity contribution in [1.82, 2.24) is 19.7 Å². The lowest BCUT2D eigenvalue weighted by Gasteiger charge is -2.16. The standard InChI is InChI=1S/C10H16N4O3/c1-13(10(16)17-6-5-15)7-9-12-11-8-3-2-4-14(8)9/h15H,2-7H2,1H3. The number of hydrogen-bond acceptors (Lipinski definition) is 5. The smallest absolute Gasteiger partial charge is 0.409 e. The van der Waals surface area contributed by atoms with E-state index < -0.39 is 6.09 Å². The highest BCUT2D eigenvalue weighted by Crippen LogP contribution is 2.15. The van der Waals surface area contributed by atoms with Crippen molar-refractivity contribution < 1.29 is 14.6 Å². The van der Waals surface area contributed by atoms with E-state index in [1.807, 2.05) is 4.57 Å². The molecule has 0 bridgehead atoms. The second kappa shape index (κ2) is 5.13. The van der Waals surface area contributed by atoms with Gasteiger partial charge in [-0.3, -0.25) is 0 Å². The van der Waals surface area contributed by atoms with E-state index in [2.05, 4.69) is 10.2 Å². The Kier molecular flexibility index (Phi) is 3.58. The number of aryl methyl sites for hydroxylation is 1. The molecule has 0 saturated heterocycles. The van der Waals surface area contributed by atoms with Crippen LogP contribution in [0.2, 0.25) is 0 Å². The molecule has 0 radical (unpaired) electrons. The van der Waals surface area contributed by atoms with E-state index in [-0.39, 0.29) is 13.2 Å². The van der Waals surface area contributed by atoms with Crippen LogP contribution in [-0.4, -0.2) is 51.1 Å². The average molecular weight is 240 g/mol. The van der Waals surface area contributed by atoms with Gasteiger partial charge in [-0.2, -0.15) is 0 Å². The fraction of sp³-hybridized carbons (Fsp3) is 0.700. The van der Waals surface area contributed by atoms with Gasteiger partial charge in [0.1, 0.15) is 12.4 Å². The van der Waals surface area contributed by atoms with Gasteiger partial charge < -0.3 is 19.3 Å². The fourth-order valence-electron chi connectivity index (χ4n) is 1.85. The quantitative estimate of drug-likeness (QED) is 0.787. The highest BCUT2D eigenvalue weighted by molar-refractivity contribution is 5.67. The van der Waals surface area contributed by atoms with E-state index in [1.54, 1.807) is 7.05 Å². The van der Waals surface area contributed by atoms with Crippen molar-refractivity contribution >= 4 is 6.09 Å². The first-order chi connectivity index (χ1) is 8.22. The molecule has 0 spiro atoms. The Balaban J connectivity index is 1.93. The Bertz CT molecular complexity index is 404. The number of ether oxygens (including phenoxy) is 1. The van der Waals surface area contributed by atoms with Crippen LogP contribution in [0.15, 0.2) is 0 Å². The van der Waals surface area contributed by atoms with Gasteiger partial charge in [0.2, 0.25) is 0 Å². The zero-order valence-corrected chi connectivity index (χ0v) is 9.80. The summed E-state index contributed by atoms with van der Waals surface area (Å²) < 4.78 is 6.84. The predicted octanol–water partition coefficient (Wildman–Crippen LogP) is -0.215. The summed E-state index contributed by atoms with van der Waals surface area (Å²) in [6, 6.07) is 0. The Labute approximate surface area is 99.0 Å². The largest absolute Gasteiger partial charge is 0.447 e. The van der Waals surface area contributed by atoms with Crippen LogP contribution in [0.1, 0.15) is 18.1 Å². The molecule has 1 amide bonds. The number of hydrogen-bond donors (Lipinski definition) is 1. The molecule has 0 aromatic carbocycles. The molecule has 1 aromatic heterocycles. The number of amides is 1. The van der Waals surface area contributed by atoms with Crippen molar-refractivity contribution in [3.8, 4) is 0 Å². The normalized spacial score (nSPS) is 13.5. The lowest BCUT2D eigenvalue weighted by atomic mass is 10.4. The molecular formula is C10H16N4O3. The van der Waals surface area contributed by atoms with E-state index in [4.69, 9.17) is 9.84 Å². The molecule has 2 heterocycles. The first-order valence-electron chi connectivity index (χ1n) is 5.62. The van der Waals surface area contributed by atoms with Gasteiger partial charge in [0.15, 0.2) is 5.82 Å². The third kappa shape index (κ3) is 2.55. The van der Waals surface area contributed by atoms with Gasteiger partial charge in [0.05, 0.1) is 13.2 Å². The number of carbonyl (C=O) groups is 1. The Morgan fingerprint density at radius 3 is 3.18 bits per heavy atom. The summed E-state index contributed by atoms with van der Waals surface area (Å²) in [6.07, 6.45) is 1.57. The van der Waals surface area contributed by atoms with Gasteiger partial charge in [-0.05, 0) is 6.42 Å². The van der Waals surface area contributed by atoms with Crippen molar-refractivity contribution in [3.63, 3.8) is 0 Å². The van der Waals surface area contributed by atoms with Crippen molar-refractivity contribution in [1.29, 1.82) is 0 Å². The summed E-state index contributed by atoms with van der Waals surface area (Å²) in [4.78, 5) is 12.9. The van der Waals surface area contributed by atoms with Crippen LogP contribution in [0.25, 0.3) is 0 Å². The molecule has 2 rings (SSSR count). The summed E-state index contributed by atoms with van der Waals surface area (Å²) >= 11 is 0. The molecule has 1 aromatic rings. The van der Waals surface area contributed by atoms with E-state index in [1.165, 1.54) is 4.90 Å². The number of nitrogens with zero attached hydrogens (tertiary/aromatic N) is 4. The number of carbonyl (C=O) groups excluding carboxylic acids is 1. The van der Waals surface area contributed by atoms with Crippen LogP contribution < -0.4 is 0 Å². The molecule has 1 aliphatic heterocycles. The number of fused-ring (bicyclic) bond motifs is 1.